The fourth-order valence-corrected chi connectivity index (χ4v) is 6.35. The number of carbonyl (C=O) groups excluding carboxylic acids is 1. The summed E-state index contributed by atoms with van der Waals surface area (Å²) >= 11 is 0. The molecule has 2 saturated carbocycles. The van der Waals surface area contributed by atoms with E-state index < -0.39 is 5.82 Å². The van der Waals surface area contributed by atoms with Gasteiger partial charge in [-0.1, -0.05) is 18.2 Å². The highest BCUT2D eigenvalue weighted by atomic mass is 19.1. The van der Waals surface area contributed by atoms with E-state index in [9.17, 15) is 9.18 Å². The van der Waals surface area contributed by atoms with E-state index in [-0.39, 0.29) is 11.5 Å². The van der Waals surface area contributed by atoms with E-state index in [4.69, 9.17) is 11.0 Å². The van der Waals surface area contributed by atoms with E-state index in [2.05, 4.69) is 15.9 Å². The minimum atomic E-state index is -0.441. The number of hydrogen-bond acceptors (Lipinski definition) is 4. The van der Waals surface area contributed by atoms with Gasteiger partial charge < -0.3 is 10.6 Å². The van der Waals surface area contributed by atoms with E-state index in [1.165, 1.54) is 18.9 Å². The molecular formula is C26H29FN4O. The van der Waals surface area contributed by atoms with Gasteiger partial charge in [-0.3, -0.25) is 9.69 Å². The Morgan fingerprint density at radius 3 is 2.31 bits per heavy atom. The summed E-state index contributed by atoms with van der Waals surface area (Å²) in [5.41, 5.74) is 8.39. The van der Waals surface area contributed by atoms with Gasteiger partial charge in [-0.25, -0.2) is 4.39 Å². The normalized spacial score (nSPS) is 27.8. The quantitative estimate of drug-likeness (QED) is 0.796. The van der Waals surface area contributed by atoms with Crippen LogP contribution in [-0.2, 0) is 0 Å². The van der Waals surface area contributed by atoms with E-state index in [0.29, 0.717) is 17.5 Å². The Hall–Kier alpha value is -2.91. The van der Waals surface area contributed by atoms with E-state index in [1.807, 2.05) is 30.3 Å². The number of primary amides is 1. The Morgan fingerprint density at radius 1 is 1.00 bits per heavy atom. The number of carbonyl (C=O) groups is 1. The number of nitriles is 1. The molecule has 5 nitrogen and oxygen atoms in total. The molecule has 0 bridgehead atoms. The number of amides is 1. The van der Waals surface area contributed by atoms with Crippen molar-refractivity contribution in [2.24, 2.45) is 17.6 Å². The molecule has 3 fully saturated rings. The Labute approximate surface area is 188 Å². The Balaban J connectivity index is 1.17. The first-order valence-corrected chi connectivity index (χ1v) is 11.6. The van der Waals surface area contributed by atoms with Crippen LogP contribution >= 0.6 is 0 Å². The molecule has 0 aromatic heterocycles. The van der Waals surface area contributed by atoms with Crippen LogP contribution in [0.4, 0.5) is 10.1 Å². The molecule has 0 radical (unpaired) electrons. The number of benzene rings is 2. The highest BCUT2D eigenvalue weighted by molar-refractivity contribution is 5.94. The second kappa shape index (κ2) is 8.55. The van der Waals surface area contributed by atoms with Gasteiger partial charge >= 0.3 is 0 Å². The van der Waals surface area contributed by atoms with Crippen LogP contribution in [0.5, 0.6) is 0 Å². The molecule has 2 N–H and O–H groups in total. The average molecular weight is 433 g/mol. The highest BCUT2D eigenvalue weighted by Crippen LogP contribution is 2.52. The number of hydrogen-bond donors (Lipinski definition) is 1. The first-order valence-electron chi connectivity index (χ1n) is 11.6. The first kappa shape index (κ1) is 21.0. The standard InChI is InChI=1S/C26H29FN4O/c27-25-15-21(6-5-17(25)16-28)30-7-9-31(10-8-30)22-13-18-11-20(12-19(18)14-22)23-3-1-2-4-24(23)26(29)32/h1-6,15,18-20,22H,7-14H2,(H2,29,32). The summed E-state index contributed by atoms with van der Waals surface area (Å²) in [4.78, 5) is 16.7. The van der Waals surface area contributed by atoms with Crippen LogP contribution in [0.15, 0.2) is 42.5 Å². The molecule has 2 aromatic rings. The van der Waals surface area contributed by atoms with Crippen molar-refractivity contribution in [3.63, 3.8) is 0 Å². The summed E-state index contributed by atoms with van der Waals surface area (Å²) in [6.45, 7) is 3.73. The molecule has 2 unspecified atom stereocenters. The van der Waals surface area contributed by atoms with Gasteiger partial charge in [-0.05, 0) is 73.3 Å². The largest absolute Gasteiger partial charge is 0.369 e. The zero-order chi connectivity index (χ0) is 22.2. The molecule has 1 heterocycles. The van der Waals surface area contributed by atoms with E-state index in [1.54, 1.807) is 6.07 Å². The van der Waals surface area contributed by atoms with Crippen molar-refractivity contribution in [1.29, 1.82) is 5.26 Å². The smallest absolute Gasteiger partial charge is 0.248 e. The number of nitrogens with zero attached hydrogens (tertiary/aromatic N) is 3. The van der Waals surface area contributed by atoms with Gasteiger partial charge in [0.25, 0.3) is 0 Å². The lowest BCUT2D eigenvalue weighted by atomic mass is 9.90. The molecule has 1 aliphatic heterocycles. The number of fused-ring (bicyclic) bond motifs is 1. The number of nitrogens with two attached hydrogens (primary N) is 1. The van der Waals surface area contributed by atoms with Crippen molar-refractivity contribution < 1.29 is 9.18 Å². The van der Waals surface area contributed by atoms with Crippen molar-refractivity contribution in [3.8, 4) is 6.07 Å². The third-order valence-electron chi connectivity index (χ3n) is 7.93. The zero-order valence-corrected chi connectivity index (χ0v) is 18.2. The second-order valence-corrected chi connectivity index (χ2v) is 9.56. The summed E-state index contributed by atoms with van der Waals surface area (Å²) in [6, 6.07) is 15.2. The van der Waals surface area contributed by atoms with Gasteiger partial charge in [0, 0.05) is 43.5 Å². The lowest BCUT2D eigenvalue weighted by Gasteiger charge is -2.39. The number of anilines is 1. The van der Waals surface area contributed by atoms with Gasteiger partial charge in [-0.2, -0.15) is 5.26 Å². The minimum Gasteiger partial charge on any atom is -0.369 e. The number of rotatable bonds is 4. The highest BCUT2D eigenvalue weighted by Gasteiger charge is 2.44. The molecule has 166 valence electrons. The van der Waals surface area contributed by atoms with Gasteiger partial charge in [-0.15, -0.1) is 0 Å². The molecule has 5 rings (SSSR count). The molecule has 2 aromatic carbocycles. The maximum absolute atomic E-state index is 14.0. The summed E-state index contributed by atoms with van der Waals surface area (Å²) < 4.78 is 14.0. The molecule has 6 heteroatoms. The van der Waals surface area contributed by atoms with Gasteiger partial charge in [0.05, 0.1) is 5.56 Å². The van der Waals surface area contributed by atoms with Crippen LogP contribution in [0.1, 0.15) is 53.1 Å². The minimum absolute atomic E-state index is 0.0987. The molecule has 1 amide bonds. The molecule has 3 aliphatic rings. The molecule has 0 spiro atoms. The summed E-state index contributed by atoms with van der Waals surface area (Å²) in [7, 11) is 0. The van der Waals surface area contributed by atoms with Crippen molar-refractivity contribution >= 4 is 11.6 Å². The second-order valence-electron chi connectivity index (χ2n) is 9.56. The Bertz CT molecular complexity index is 1040. The molecule has 1 saturated heterocycles. The van der Waals surface area contributed by atoms with Crippen LogP contribution in [-0.4, -0.2) is 43.0 Å². The lowest BCUT2D eigenvalue weighted by molar-refractivity contribution is 0.0999. The molecular weight excluding hydrogens is 403 g/mol. The lowest BCUT2D eigenvalue weighted by Crippen LogP contribution is -2.50. The SMILES string of the molecule is N#Cc1ccc(N2CCN(C3CC4CC(c5ccccc5C(N)=O)CC4C3)CC2)cc1F. The monoisotopic (exact) mass is 432 g/mol. The predicted octanol–water partition coefficient (Wildman–Crippen LogP) is 3.89. The van der Waals surface area contributed by atoms with Gasteiger partial charge in [0.2, 0.25) is 5.91 Å². The van der Waals surface area contributed by atoms with Crippen LogP contribution in [0, 0.1) is 29.0 Å². The summed E-state index contributed by atoms with van der Waals surface area (Å²) in [5, 5.41) is 8.93. The van der Waals surface area contributed by atoms with Gasteiger partial charge in [0.1, 0.15) is 11.9 Å². The number of halogens is 1. The van der Waals surface area contributed by atoms with E-state index >= 15 is 0 Å². The van der Waals surface area contributed by atoms with E-state index in [0.717, 1.165) is 62.1 Å². The molecule has 2 atom stereocenters. The van der Waals surface area contributed by atoms with Crippen molar-refractivity contribution in [2.75, 3.05) is 31.1 Å². The van der Waals surface area contributed by atoms with Crippen LogP contribution in [0.25, 0.3) is 0 Å². The fraction of sp³-hybridized carbons (Fsp3) is 0.462. The maximum atomic E-state index is 14.0. The van der Waals surface area contributed by atoms with Crippen molar-refractivity contribution in [2.45, 2.75) is 37.6 Å². The fourth-order valence-electron chi connectivity index (χ4n) is 6.35. The maximum Gasteiger partial charge on any atom is 0.248 e. The zero-order valence-electron chi connectivity index (χ0n) is 18.2. The molecule has 32 heavy (non-hydrogen) atoms. The van der Waals surface area contributed by atoms with Crippen LogP contribution < -0.4 is 10.6 Å². The topological polar surface area (TPSA) is 73.4 Å². The Morgan fingerprint density at radius 2 is 1.69 bits per heavy atom. The average Bonchev–Trinajstić information content (AvgIpc) is 3.39. The van der Waals surface area contributed by atoms with Crippen LogP contribution in [0.3, 0.4) is 0 Å². The summed E-state index contributed by atoms with van der Waals surface area (Å²) in [5.74, 6) is 1.12. The van der Waals surface area contributed by atoms with Crippen molar-refractivity contribution in [3.05, 3.63) is 65.0 Å². The third kappa shape index (κ3) is 3.86. The van der Waals surface area contributed by atoms with Crippen molar-refractivity contribution in [1.82, 2.24) is 4.90 Å². The Kier molecular flexibility index (Phi) is 5.60. The molecule has 2 aliphatic carbocycles. The number of piperazine rings is 1. The third-order valence-corrected chi connectivity index (χ3v) is 7.93. The summed E-state index contributed by atoms with van der Waals surface area (Å²) in [6.07, 6.45) is 4.75. The predicted molar refractivity (Wildman–Crippen MR) is 122 cm³/mol. The van der Waals surface area contributed by atoms with Crippen LogP contribution in [0.2, 0.25) is 0 Å². The first-order chi connectivity index (χ1) is 15.5. The van der Waals surface area contributed by atoms with Gasteiger partial charge in [0.15, 0.2) is 0 Å².